The Bertz CT molecular complexity index is 1270. The smallest absolute Gasteiger partial charge is 0.387 e. The molecule has 3 fully saturated rings. The summed E-state index contributed by atoms with van der Waals surface area (Å²) in [4.78, 5) is 19.1. The summed E-state index contributed by atoms with van der Waals surface area (Å²) >= 11 is 0. The molecule has 38 heavy (non-hydrogen) atoms. The number of carbonyl (C=O) groups is 1. The Labute approximate surface area is 217 Å². The molecule has 2 saturated heterocycles. The van der Waals surface area contributed by atoms with Crippen LogP contribution >= 0.6 is 0 Å². The predicted molar refractivity (Wildman–Crippen MR) is 129 cm³/mol. The van der Waals surface area contributed by atoms with Crippen molar-refractivity contribution >= 4 is 5.91 Å². The number of hydrogen-bond donors (Lipinski definition) is 2. The molecular formula is C26H28F3N7O2. The second-order valence-corrected chi connectivity index (χ2v) is 10.5. The minimum absolute atomic E-state index is 0.000260. The molecule has 2 aliphatic heterocycles. The monoisotopic (exact) mass is 527 g/mol. The van der Waals surface area contributed by atoms with Crippen molar-refractivity contribution < 1.29 is 23.1 Å². The van der Waals surface area contributed by atoms with Crippen molar-refractivity contribution in [1.29, 1.82) is 0 Å². The van der Waals surface area contributed by atoms with E-state index in [9.17, 15) is 23.1 Å². The van der Waals surface area contributed by atoms with Gasteiger partial charge < -0.3 is 15.3 Å². The van der Waals surface area contributed by atoms with E-state index in [0.717, 1.165) is 35.1 Å². The molecule has 1 aliphatic carbocycles. The van der Waals surface area contributed by atoms with Crippen LogP contribution in [0.5, 0.6) is 0 Å². The second-order valence-electron chi connectivity index (χ2n) is 10.5. The Morgan fingerprint density at radius 3 is 2.55 bits per heavy atom. The molecule has 12 heteroatoms. The zero-order chi connectivity index (χ0) is 26.4. The third-order valence-corrected chi connectivity index (χ3v) is 7.99. The average Bonchev–Trinajstić information content (AvgIpc) is 3.36. The number of benzene rings is 1. The molecule has 3 aliphatic rings. The number of halogens is 3. The minimum atomic E-state index is -4.40. The molecule has 6 rings (SSSR count). The lowest BCUT2D eigenvalue weighted by molar-refractivity contribution is -0.143. The number of aliphatic hydroxyl groups is 1. The summed E-state index contributed by atoms with van der Waals surface area (Å²) in [5.41, 5.74) is 2.26. The highest BCUT2D eigenvalue weighted by Gasteiger charge is 2.59. The SMILES string of the molecule is O=C(c1ccc(C[C@@H]2CC[C@H]([C@H](O)c3ccccc3)N2)cn1)N1CC2C(C1)C2c1nnnn1CC(F)(F)F. The molecule has 1 saturated carbocycles. The first-order chi connectivity index (χ1) is 18.3. The Hall–Kier alpha value is -3.38. The number of aliphatic hydroxyl groups excluding tert-OH is 1. The molecule has 3 aromatic rings. The van der Waals surface area contributed by atoms with Gasteiger partial charge >= 0.3 is 6.18 Å². The average molecular weight is 528 g/mol. The van der Waals surface area contributed by atoms with Crippen molar-refractivity contribution in [2.24, 2.45) is 11.8 Å². The molecule has 0 radical (unpaired) electrons. The second kappa shape index (κ2) is 9.73. The highest BCUT2D eigenvalue weighted by molar-refractivity contribution is 5.92. The lowest BCUT2D eigenvalue weighted by Gasteiger charge is -2.21. The summed E-state index contributed by atoms with van der Waals surface area (Å²) in [5, 5.41) is 24.9. The van der Waals surface area contributed by atoms with Crippen LogP contribution in [0.4, 0.5) is 13.2 Å². The van der Waals surface area contributed by atoms with Crippen LogP contribution in [-0.4, -0.2) is 72.5 Å². The van der Waals surface area contributed by atoms with Gasteiger partial charge in [0.25, 0.3) is 5.91 Å². The van der Waals surface area contributed by atoms with E-state index in [1.807, 2.05) is 36.4 Å². The van der Waals surface area contributed by atoms with E-state index in [1.54, 1.807) is 17.2 Å². The van der Waals surface area contributed by atoms with Gasteiger partial charge in [-0.2, -0.15) is 13.2 Å². The lowest BCUT2D eigenvalue weighted by Crippen LogP contribution is -2.35. The van der Waals surface area contributed by atoms with Crippen LogP contribution in [-0.2, 0) is 13.0 Å². The molecule has 5 atom stereocenters. The van der Waals surface area contributed by atoms with Crippen LogP contribution in [0.3, 0.4) is 0 Å². The van der Waals surface area contributed by atoms with Crippen LogP contribution < -0.4 is 5.32 Å². The fourth-order valence-electron chi connectivity index (χ4n) is 6.07. The number of rotatable bonds is 7. The van der Waals surface area contributed by atoms with Crippen molar-refractivity contribution in [3.63, 3.8) is 0 Å². The van der Waals surface area contributed by atoms with Gasteiger partial charge in [-0.3, -0.25) is 9.78 Å². The number of fused-ring (bicyclic) bond motifs is 1. The van der Waals surface area contributed by atoms with E-state index < -0.39 is 18.8 Å². The van der Waals surface area contributed by atoms with Crippen LogP contribution in [0.2, 0.25) is 0 Å². The zero-order valence-corrected chi connectivity index (χ0v) is 20.5. The molecule has 2 unspecified atom stereocenters. The number of likely N-dealkylation sites (tertiary alicyclic amines) is 1. The normalized spacial score (nSPS) is 27.4. The highest BCUT2D eigenvalue weighted by Crippen LogP contribution is 2.57. The molecule has 2 aromatic heterocycles. The quantitative estimate of drug-likeness (QED) is 0.486. The molecular weight excluding hydrogens is 499 g/mol. The molecule has 200 valence electrons. The molecule has 0 bridgehead atoms. The van der Waals surface area contributed by atoms with Gasteiger partial charge in [-0.15, -0.1) is 5.10 Å². The van der Waals surface area contributed by atoms with E-state index in [1.165, 1.54) is 0 Å². The minimum Gasteiger partial charge on any atom is -0.387 e. The zero-order valence-electron chi connectivity index (χ0n) is 20.5. The van der Waals surface area contributed by atoms with Crippen molar-refractivity contribution in [1.82, 2.24) is 35.4 Å². The van der Waals surface area contributed by atoms with Crippen LogP contribution in [0.15, 0.2) is 48.7 Å². The largest absolute Gasteiger partial charge is 0.408 e. The van der Waals surface area contributed by atoms with Gasteiger partial charge in [0.2, 0.25) is 0 Å². The molecule has 4 heterocycles. The van der Waals surface area contributed by atoms with E-state index in [4.69, 9.17) is 0 Å². The van der Waals surface area contributed by atoms with Crippen LogP contribution in [0.1, 0.15) is 52.3 Å². The molecule has 9 nitrogen and oxygen atoms in total. The summed E-state index contributed by atoms with van der Waals surface area (Å²) in [6.07, 6.45) is -0.650. The van der Waals surface area contributed by atoms with E-state index in [0.29, 0.717) is 18.8 Å². The van der Waals surface area contributed by atoms with Gasteiger partial charge in [0.05, 0.1) is 6.10 Å². The number of pyridine rings is 1. The summed E-state index contributed by atoms with van der Waals surface area (Å²) in [7, 11) is 0. The number of hydrogen-bond acceptors (Lipinski definition) is 7. The van der Waals surface area contributed by atoms with Gasteiger partial charge in [0.15, 0.2) is 5.82 Å². The van der Waals surface area contributed by atoms with Gasteiger partial charge in [-0.25, -0.2) is 4.68 Å². The summed E-state index contributed by atoms with van der Waals surface area (Å²) in [6.45, 7) is -0.309. The Kier molecular flexibility index (Phi) is 6.39. The first-order valence-corrected chi connectivity index (χ1v) is 12.8. The standard InChI is InChI=1S/C26H28F3N7O2/c27-26(28,29)14-36-24(32-33-34-36)22-18-12-35(13-19(18)22)25(38)21-8-6-15(11-30-21)10-17-7-9-20(31-17)23(37)16-4-2-1-3-5-16/h1-6,8,11,17-20,22-23,31,37H,7,9-10,12-14H2/t17-,18?,19?,20+,22?,23+/m0/s1. The molecule has 2 N–H and O–H groups in total. The van der Waals surface area contributed by atoms with Gasteiger partial charge in [-0.05, 0) is 58.7 Å². The summed E-state index contributed by atoms with van der Waals surface area (Å²) in [5.74, 6) is 0.0240. The van der Waals surface area contributed by atoms with Crippen molar-refractivity contribution in [3.8, 4) is 0 Å². The number of piperidine rings is 1. The van der Waals surface area contributed by atoms with E-state index >= 15 is 0 Å². The van der Waals surface area contributed by atoms with Gasteiger partial charge in [0, 0.05) is 37.3 Å². The highest BCUT2D eigenvalue weighted by atomic mass is 19.4. The van der Waals surface area contributed by atoms with Crippen molar-refractivity contribution in [3.05, 3.63) is 71.3 Å². The summed E-state index contributed by atoms with van der Waals surface area (Å²) < 4.78 is 39.2. The predicted octanol–water partition coefficient (Wildman–Crippen LogP) is 2.51. The number of alkyl halides is 3. The maximum Gasteiger partial charge on any atom is 0.408 e. The number of tetrazole rings is 1. The number of nitrogens with zero attached hydrogens (tertiary/aromatic N) is 6. The maximum atomic E-state index is 13.0. The van der Waals surface area contributed by atoms with Gasteiger partial charge in [0.1, 0.15) is 12.2 Å². The van der Waals surface area contributed by atoms with E-state index in [2.05, 4.69) is 25.8 Å². The topological polar surface area (TPSA) is 109 Å². The molecule has 1 amide bonds. The number of carbonyl (C=O) groups excluding carboxylic acids is 1. The summed E-state index contributed by atoms with van der Waals surface area (Å²) in [6, 6.07) is 13.5. The lowest BCUT2D eigenvalue weighted by atomic mass is 10.0. The van der Waals surface area contributed by atoms with Crippen molar-refractivity contribution in [2.45, 2.75) is 56.1 Å². The Morgan fingerprint density at radius 1 is 1.11 bits per heavy atom. The van der Waals surface area contributed by atoms with Crippen LogP contribution in [0, 0.1) is 11.8 Å². The maximum absolute atomic E-state index is 13.0. The fraction of sp³-hybridized carbons (Fsp3) is 0.500. The first kappa shape index (κ1) is 24.9. The Morgan fingerprint density at radius 2 is 1.87 bits per heavy atom. The number of aromatic nitrogens is 5. The number of amides is 1. The van der Waals surface area contributed by atoms with Gasteiger partial charge in [-0.1, -0.05) is 36.4 Å². The first-order valence-electron chi connectivity index (χ1n) is 12.8. The molecule has 1 aromatic carbocycles. The third-order valence-electron chi connectivity index (χ3n) is 7.99. The Balaban J connectivity index is 1.01. The van der Waals surface area contributed by atoms with Crippen molar-refractivity contribution in [2.75, 3.05) is 13.1 Å². The fourth-order valence-corrected chi connectivity index (χ4v) is 6.07. The van der Waals surface area contributed by atoms with E-state index in [-0.39, 0.29) is 41.6 Å². The number of nitrogens with one attached hydrogen (secondary N) is 1. The third kappa shape index (κ3) is 5.02. The molecule has 0 spiro atoms. The van der Waals surface area contributed by atoms with Crippen LogP contribution in [0.25, 0.3) is 0 Å².